The van der Waals surface area contributed by atoms with E-state index in [9.17, 15) is 14.3 Å². The third-order valence-electron chi connectivity index (χ3n) is 2.84. The van der Waals surface area contributed by atoms with Gasteiger partial charge in [0, 0.05) is 12.5 Å². The fourth-order valence-electron chi connectivity index (χ4n) is 1.64. The highest BCUT2D eigenvalue weighted by Crippen LogP contribution is 2.21. The van der Waals surface area contributed by atoms with Gasteiger partial charge in [-0.1, -0.05) is 12.1 Å². The maximum absolute atomic E-state index is 13.1. The SMILES string of the molecule is COC(=O)CCC(N)C(O)c1ccc(F)c(C)c1. The number of halogens is 1. The minimum absolute atomic E-state index is 0.148. The lowest BCUT2D eigenvalue weighted by Gasteiger charge is -2.19. The molecule has 0 aliphatic carbocycles. The zero-order valence-electron chi connectivity index (χ0n) is 10.5. The molecule has 1 aromatic rings. The Morgan fingerprint density at radius 2 is 2.22 bits per heavy atom. The summed E-state index contributed by atoms with van der Waals surface area (Å²) in [7, 11) is 1.30. The van der Waals surface area contributed by atoms with E-state index in [-0.39, 0.29) is 18.2 Å². The zero-order valence-corrected chi connectivity index (χ0v) is 10.5. The number of hydrogen-bond acceptors (Lipinski definition) is 4. The molecular weight excluding hydrogens is 237 g/mol. The molecule has 3 N–H and O–H groups in total. The van der Waals surface area contributed by atoms with Gasteiger partial charge in [0.15, 0.2) is 0 Å². The molecule has 5 heteroatoms. The highest BCUT2D eigenvalue weighted by Gasteiger charge is 2.18. The van der Waals surface area contributed by atoms with E-state index in [1.54, 1.807) is 13.0 Å². The van der Waals surface area contributed by atoms with Crippen LogP contribution < -0.4 is 5.73 Å². The number of carbonyl (C=O) groups excluding carboxylic acids is 1. The molecule has 2 atom stereocenters. The first kappa shape index (κ1) is 14.6. The van der Waals surface area contributed by atoms with Gasteiger partial charge in [0.25, 0.3) is 0 Å². The van der Waals surface area contributed by atoms with Gasteiger partial charge in [0.1, 0.15) is 5.82 Å². The summed E-state index contributed by atoms with van der Waals surface area (Å²) in [5, 5.41) is 9.99. The Morgan fingerprint density at radius 1 is 1.56 bits per heavy atom. The van der Waals surface area contributed by atoms with Gasteiger partial charge in [-0.05, 0) is 30.5 Å². The topological polar surface area (TPSA) is 72.5 Å². The molecule has 0 bridgehead atoms. The second kappa shape index (κ2) is 6.47. The molecular formula is C13H18FNO3. The molecule has 0 heterocycles. The lowest BCUT2D eigenvalue weighted by molar-refractivity contribution is -0.140. The monoisotopic (exact) mass is 255 g/mol. The second-order valence-electron chi connectivity index (χ2n) is 4.23. The van der Waals surface area contributed by atoms with Crippen molar-refractivity contribution >= 4 is 5.97 Å². The van der Waals surface area contributed by atoms with Crippen LogP contribution in [-0.2, 0) is 9.53 Å². The highest BCUT2D eigenvalue weighted by atomic mass is 19.1. The summed E-state index contributed by atoms with van der Waals surface area (Å²) in [6.07, 6.45) is -0.465. The van der Waals surface area contributed by atoms with Gasteiger partial charge in [-0.2, -0.15) is 0 Å². The van der Waals surface area contributed by atoms with Gasteiger partial charge < -0.3 is 15.6 Å². The van der Waals surface area contributed by atoms with Crippen LogP contribution in [0.1, 0.15) is 30.1 Å². The molecule has 0 radical (unpaired) electrons. The van der Waals surface area contributed by atoms with Crippen LogP contribution in [0, 0.1) is 12.7 Å². The first-order chi connectivity index (χ1) is 8.45. The van der Waals surface area contributed by atoms with E-state index in [4.69, 9.17) is 5.73 Å². The van der Waals surface area contributed by atoms with Crippen LogP contribution in [0.3, 0.4) is 0 Å². The Kier molecular flexibility index (Phi) is 5.25. The van der Waals surface area contributed by atoms with Crippen molar-refractivity contribution in [3.8, 4) is 0 Å². The number of rotatable bonds is 5. The van der Waals surface area contributed by atoms with E-state index < -0.39 is 12.1 Å². The molecule has 0 aliphatic rings. The molecule has 0 aromatic heterocycles. The van der Waals surface area contributed by atoms with E-state index in [0.717, 1.165) is 0 Å². The van der Waals surface area contributed by atoms with Crippen molar-refractivity contribution < 1.29 is 19.0 Å². The van der Waals surface area contributed by atoms with Crippen LogP contribution in [0.5, 0.6) is 0 Å². The predicted molar refractivity (Wildman–Crippen MR) is 65.3 cm³/mol. The lowest BCUT2D eigenvalue weighted by Crippen LogP contribution is -2.29. The summed E-state index contributed by atoms with van der Waals surface area (Å²) >= 11 is 0. The number of benzene rings is 1. The number of ether oxygens (including phenoxy) is 1. The molecule has 100 valence electrons. The molecule has 0 saturated carbocycles. The standard InChI is InChI=1S/C13H18FNO3/c1-8-7-9(3-4-10(8)14)13(17)11(15)5-6-12(16)18-2/h3-4,7,11,13,17H,5-6,15H2,1-2H3. The molecule has 4 nitrogen and oxygen atoms in total. The Morgan fingerprint density at radius 3 is 2.78 bits per heavy atom. The molecule has 18 heavy (non-hydrogen) atoms. The van der Waals surface area contributed by atoms with Crippen molar-refractivity contribution in [2.45, 2.75) is 31.9 Å². The summed E-state index contributed by atoms with van der Waals surface area (Å²) in [6, 6.07) is 3.75. The van der Waals surface area contributed by atoms with Crippen LogP contribution in [0.15, 0.2) is 18.2 Å². The molecule has 2 unspecified atom stereocenters. The fourth-order valence-corrected chi connectivity index (χ4v) is 1.64. The number of methoxy groups -OCH3 is 1. The number of aliphatic hydroxyl groups is 1. The average Bonchev–Trinajstić information content (AvgIpc) is 2.37. The number of aryl methyl sites for hydroxylation is 1. The average molecular weight is 255 g/mol. The summed E-state index contributed by atoms with van der Waals surface area (Å²) in [5.41, 5.74) is 6.79. The Hall–Kier alpha value is -1.46. The first-order valence-electron chi connectivity index (χ1n) is 5.72. The highest BCUT2D eigenvalue weighted by molar-refractivity contribution is 5.69. The summed E-state index contributed by atoms with van der Waals surface area (Å²) < 4.78 is 17.6. The minimum Gasteiger partial charge on any atom is -0.469 e. The van der Waals surface area contributed by atoms with Crippen LogP contribution in [0.25, 0.3) is 0 Å². The van der Waals surface area contributed by atoms with E-state index in [1.807, 2.05) is 0 Å². The van der Waals surface area contributed by atoms with Crippen LogP contribution >= 0.6 is 0 Å². The Balaban J connectivity index is 2.65. The van der Waals surface area contributed by atoms with Crippen molar-refractivity contribution in [2.75, 3.05) is 7.11 Å². The number of esters is 1. The molecule has 0 fully saturated rings. The lowest BCUT2D eigenvalue weighted by atomic mass is 9.98. The van der Waals surface area contributed by atoms with Crippen molar-refractivity contribution in [2.24, 2.45) is 5.73 Å². The van der Waals surface area contributed by atoms with E-state index >= 15 is 0 Å². The smallest absolute Gasteiger partial charge is 0.305 e. The summed E-state index contributed by atoms with van der Waals surface area (Å²) in [4.78, 5) is 11.0. The molecule has 0 spiro atoms. The first-order valence-corrected chi connectivity index (χ1v) is 5.72. The summed E-state index contributed by atoms with van der Waals surface area (Å²) in [6.45, 7) is 1.62. The number of aliphatic hydroxyl groups excluding tert-OH is 1. The quantitative estimate of drug-likeness (QED) is 0.781. The predicted octanol–water partition coefficient (Wildman–Crippen LogP) is 1.45. The van der Waals surface area contributed by atoms with Crippen molar-refractivity contribution in [3.05, 3.63) is 35.1 Å². The third-order valence-corrected chi connectivity index (χ3v) is 2.84. The van der Waals surface area contributed by atoms with E-state index in [0.29, 0.717) is 17.5 Å². The van der Waals surface area contributed by atoms with E-state index in [2.05, 4.69) is 4.74 Å². The Bertz CT molecular complexity index is 423. The van der Waals surface area contributed by atoms with Gasteiger partial charge >= 0.3 is 5.97 Å². The maximum Gasteiger partial charge on any atom is 0.305 e. The van der Waals surface area contributed by atoms with Gasteiger partial charge in [-0.15, -0.1) is 0 Å². The van der Waals surface area contributed by atoms with Gasteiger partial charge in [-0.25, -0.2) is 4.39 Å². The summed E-state index contributed by atoms with van der Waals surface area (Å²) in [5.74, 6) is -0.693. The molecule has 0 aliphatic heterocycles. The van der Waals surface area contributed by atoms with Crippen molar-refractivity contribution in [3.63, 3.8) is 0 Å². The van der Waals surface area contributed by atoms with E-state index in [1.165, 1.54) is 19.2 Å². The Labute approximate surface area is 106 Å². The van der Waals surface area contributed by atoms with Gasteiger partial charge in [0.2, 0.25) is 0 Å². The van der Waals surface area contributed by atoms with Crippen LogP contribution in [0.2, 0.25) is 0 Å². The maximum atomic E-state index is 13.1. The molecule has 0 amide bonds. The molecule has 1 aromatic carbocycles. The number of carbonyl (C=O) groups is 1. The van der Waals surface area contributed by atoms with Crippen LogP contribution in [-0.4, -0.2) is 24.2 Å². The third kappa shape index (κ3) is 3.78. The number of nitrogens with two attached hydrogens (primary N) is 1. The van der Waals surface area contributed by atoms with Crippen LogP contribution in [0.4, 0.5) is 4.39 Å². The van der Waals surface area contributed by atoms with Gasteiger partial charge in [0.05, 0.1) is 13.2 Å². The molecule has 1 rings (SSSR count). The number of hydrogen-bond donors (Lipinski definition) is 2. The normalized spacial score (nSPS) is 14.1. The second-order valence-corrected chi connectivity index (χ2v) is 4.23. The van der Waals surface area contributed by atoms with Crippen molar-refractivity contribution in [1.82, 2.24) is 0 Å². The van der Waals surface area contributed by atoms with Crippen molar-refractivity contribution in [1.29, 1.82) is 0 Å². The largest absolute Gasteiger partial charge is 0.469 e. The fraction of sp³-hybridized carbons (Fsp3) is 0.462. The zero-order chi connectivity index (χ0) is 13.7. The molecule has 0 saturated heterocycles. The van der Waals surface area contributed by atoms with Gasteiger partial charge in [-0.3, -0.25) is 4.79 Å². The minimum atomic E-state index is -0.922.